The predicted octanol–water partition coefficient (Wildman–Crippen LogP) is 2.92. The van der Waals surface area contributed by atoms with E-state index in [0.717, 1.165) is 25.9 Å². The van der Waals surface area contributed by atoms with Crippen LogP contribution in [0.5, 0.6) is 0 Å². The Hall–Kier alpha value is -1.81. The first-order valence-electron chi connectivity index (χ1n) is 8.56. The van der Waals surface area contributed by atoms with Gasteiger partial charge in [-0.25, -0.2) is 0 Å². The number of carbonyl (C=O) groups is 1. The lowest BCUT2D eigenvalue weighted by Crippen LogP contribution is -2.31. The predicted molar refractivity (Wildman–Crippen MR) is 94.6 cm³/mol. The van der Waals surface area contributed by atoms with Crippen molar-refractivity contribution in [3.63, 3.8) is 0 Å². The number of benzene rings is 1. The van der Waals surface area contributed by atoms with Gasteiger partial charge >= 0.3 is 0 Å². The second-order valence-electron chi connectivity index (χ2n) is 6.89. The number of carbonyl (C=O) groups excluding carboxylic acids is 1. The number of nitrogens with zero attached hydrogens (tertiary/aromatic N) is 1. The molecule has 1 aromatic heterocycles. The molecule has 124 valence electrons. The van der Waals surface area contributed by atoms with Crippen LogP contribution in [0.3, 0.4) is 0 Å². The Balaban J connectivity index is 1.81. The van der Waals surface area contributed by atoms with E-state index in [0.29, 0.717) is 6.54 Å². The highest BCUT2D eigenvalue weighted by Gasteiger charge is 2.25. The van der Waals surface area contributed by atoms with E-state index in [9.17, 15) is 4.79 Å². The van der Waals surface area contributed by atoms with E-state index in [1.54, 1.807) is 0 Å². The molecule has 2 N–H and O–H groups in total. The van der Waals surface area contributed by atoms with E-state index in [-0.39, 0.29) is 11.8 Å². The minimum Gasteiger partial charge on any atom is -0.358 e. The van der Waals surface area contributed by atoms with E-state index in [1.807, 2.05) is 0 Å². The third kappa shape index (κ3) is 3.13. The second kappa shape index (κ2) is 6.36. The lowest BCUT2D eigenvalue weighted by Gasteiger charge is -2.12. The fourth-order valence-corrected chi connectivity index (χ4v) is 3.68. The maximum atomic E-state index is 12.4. The second-order valence-corrected chi connectivity index (χ2v) is 6.89. The van der Waals surface area contributed by atoms with Crippen molar-refractivity contribution in [1.82, 2.24) is 15.2 Å². The largest absolute Gasteiger partial charge is 0.358 e. The first-order valence-corrected chi connectivity index (χ1v) is 8.56. The number of H-pyrrole nitrogens is 1. The quantitative estimate of drug-likeness (QED) is 0.912. The summed E-state index contributed by atoms with van der Waals surface area (Å²) in [4.78, 5) is 18.1. The Morgan fingerprint density at radius 1 is 1.39 bits per heavy atom. The van der Waals surface area contributed by atoms with Gasteiger partial charge in [0.25, 0.3) is 0 Å². The molecule has 0 bridgehead atoms. The molecule has 4 nitrogen and oxygen atoms in total. The Morgan fingerprint density at radius 3 is 2.83 bits per heavy atom. The molecule has 0 radical (unpaired) electrons. The summed E-state index contributed by atoms with van der Waals surface area (Å²) < 4.78 is 0. The maximum absolute atomic E-state index is 12.4. The van der Waals surface area contributed by atoms with E-state index in [1.165, 1.54) is 33.3 Å². The lowest BCUT2D eigenvalue weighted by atomic mass is 10.0. The fraction of sp³-hybridized carbons (Fsp3) is 0.526. The summed E-state index contributed by atoms with van der Waals surface area (Å²) in [6, 6.07) is 4.41. The highest BCUT2D eigenvalue weighted by Crippen LogP contribution is 2.27. The molecule has 1 aromatic carbocycles. The van der Waals surface area contributed by atoms with Crippen LogP contribution < -0.4 is 5.32 Å². The van der Waals surface area contributed by atoms with Gasteiger partial charge in [-0.2, -0.15) is 0 Å². The summed E-state index contributed by atoms with van der Waals surface area (Å²) >= 11 is 0. The van der Waals surface area contributed by atoms with Gasteiger partial charge in [0.1, 0.15) is 0 Å². The van der Waals surface area contributed by atoms with Crippen molar-refractivity contribution in [2.75, 3.05) is 20.1 Å². The molecule has 23 heavy (non-hydrogen) atoms. The number of aromatic amines is 1. The first kappa shape index (κ1) is 16.1. The molecule has 1 fully saturated rings. The number of aromatic nitrogens is 1. The van der Waals surface area contributed by atoms with Crippen molar-refractivity contribution in [3.05, 3.63) is 34.5 Å². The number of likely N-dealkylation sites (tertiary alicyclic amines) is 1. The van der Waals surface area contributed by atoms with Crippen molar-refractivity contribution in [2.45, 2.75) is 40.2 Å². The van der Waals surface area contributed by atoms with Gasteiger partial charge in [-0.1, -0.05) is 18.6 Å². The molecule has 1 saturated heterocycles. The van der Waals surface area contributed by atoms with Gasteiger partial charge in [0.15, 0.2) is 0 Å². The van der Waals surface area contributed by atoms with E-state index in [4.69, 9.17) is 0 Å². The van der Waals surface area contributed by atoms with Crippen LogP contribution >= 0.6 is 0 Å². The van der Waals surface area contributed by atoms with Gasteiger partial charge in [-0.05, 0) is 57.5 Å². The maximum Gasteiger partial charge on any atom is 0.224 e. The van der Waals surface area contributed by atoms with Crippen LogP contribution in [0.4, 0.5) is 0 Å². The smallest absolute Gasteiger partial charge is 0.224 e. The summed E-state index contributed by atoms with van der Waals surface area (Å²) in [6.07, 6.45) is 1.97. The van der Waals surface area contributed by atoms with Crippen LogP contribution in [0.1, 0.15) is 35.7 Å². The summed E-state index contributed by atoms with van der Waals surface area (Å²) in [5.74, 6) is 0.319. The zero-order chi connectivity index (χ0) is 16.6. The number of hydrogen-bond donors (Lipinski definition) is 2. The van der Waals surface area contributed by atoms with Crippen LogP contribution in [0.2, 0.25) is 0 Å². The summed E-state index contributed by atoms with van der Waals surface area (Å²) in [7, 11) is 2.07. The van der Waals surface area contributed by atoms with Crippen LogP contribution in [-0.2, 0) is 17.8 Å². The molecule has 2 heterocycles. The van der Waals surface area contributed by atoms with Crippen molar-refractivity contribution in [3.8, 4) is 0 Å². The molecule has 0 saturated carbocycles. The minimum atomic E-state index is 0.136. The number of fused-ring (bicyclic) bond motifs is 1. The Morgan fingerprint density at radius 2 is 2.17 bits per heavy atom. The summed E-state index contributed by atoms with van der Waals surface area (Å²) in [5.41, 5.74) is 6.22. The molecule has 1 amide bonds. The zero-order valence-corrected chi connectivity index (χ0v) is 14.6. The Bertz CT molecular complexity index is 732. The molecule has 1 aliphatic rings. The normalized spacial score (nSPS) is 18.7. The van der Waals surface area contributed by atoms with E-state index in [2.05, 4.69) is 55.2 Å². The van der Waals surface area contributed by atoms with Crippen molar-refractivity contribution < 1.29 is 4.79 Å². The molecular weight excluding hydrogens is 286 g/mol. The number of rotatable bonds is 4. The monoisotopic (exact) mass is 313 g/mol. The standard InChI is InChI=1S/C19H27N3O/c1-5-17-13(3)16-9-12(2)8-15(18(16)21-17)10-20-19(23)14-6-7-22(4)11-14/h8-9,14,21H,5-7,10-11H2,1-4H3,(H,20,23)/t14-/m0/s1. The number of nitrogens with one attached hydrogen (secondary N) is 2. The first-order chi connectivity index (χ1) is 11.0. The van der Waals surface area contributed by atoms with Crippen molar-refractivity contribution >= 4 is 16.8 Å². The van der Waals surface area contributed by atoms with Crippen LogP contribution in [-0.4, -0.2) is 35.9 Å². The average molecular weight is 313 g/mol. The van der Waals surface area contributed by atoms with Crippen LogP contribution in [0.15, 0.2) is 12.1 Å². The van der Waals surface area contributed by atoms with Crippen LogP contribution in [0, 0.1) is 19.8 Å². The molecule has 1 aliphatic heterocycles. The minimum absolute atomic E-state index is 0.136. The number of aryl methyl sites for hydroxylation is 3. The molecule has 2 aromatic rings. The van der Waals surface area contributed by atoms with Gasteiger partial charge in [0.2, 0.25) is 5.91 Å². The molecule has 0 unspecified atom stereocenters. The van der Waals surface area contributed by atoms with Gasteiger partial charge < -0.3 is 15.2 Å². The van der Waals surface area contributed by atoms with Gasteiger partial charge in [0, 0.05) is 24.2 Å². The van der Waals surface area contributed by atoms with Gasteiger partial charge in [0.05, 0.1) is 11.4 Å². The number of hydrogen-bond acceptors (Lipinski definition) is 2. The van der Waals surface area contributed by atoms with E-state index >= 15 is 0 Å². The van der Waals surface area contributed by atoms with Crippen molar-refractivity contribution in [2.24, 2.45) is 5.92 Å². The third-order valence-corrected chi connectivity index (χ3v) is 5.07. The molecule has 3 rings (SSSR count). The summed E-state index contributed by atoms with van der Waals surface area (Å²) in [6.45, 7) is 8.95. The molecule has 0 spiro atoms. The Kier molecular flexibility index (Phi) is 4.44. The molecule has 0 aliphatic carbocycles. The van der Waals surface area contributed by atoms with Crippen molar-refractivity contribution in [1.29, 1.82) is 0 Å². The van der Waals surface area contributed by atoms with E-state index < -0.39 is 0 Å². The highest BCUT2D eigenvalue weighted by atomic mass is 16.1. The SMILES string of the molecule is CCc1[nH]c2c(CNC(=O)[C@H]3CCN(C)C3)cc(C)cc2c1C. The number of amides is 1. The van der Waals surface area contributed by atoms with Gasteiger partial charge in [-0.3, -0.25) is 4.79 Å². The van der Waals surface area contributed by atoms with Gasteiger partial charge in [-0.15, -0.1) is 0 Å². The average Bonchev–Trinajstić information content (AvgIpc) is 3.09. The van der Waals surface area contributed by atoms with Crippen LogP contribution in [0.25, 0.3) is 10.9 Å². The molecular formula is C19H27N3O. The zero-order valence-electron chi connectivity index (χ0n) is 14.6. The Labute approximate surface area is 138 Å². The third-order valence-electron chi connectivity index (χ3n) is 5.07. The summed E-state index contributed by atoms with van der Waals surface area (Å²) in [5, 5.41) is 4.43. The molecule has 1 atom stereocenters. The highest BCUT2D eigenvalue weighted by molar-refractivity contribution is 5.88. The fourth-order valence-electron chi connectivity index (χ4n) is 3.68. The molecule has 4 heteroatoms. The lowest BCUT2D eigenvalue weighted by molar-refractivity contribution is -0.124. The topological polar surface area (TPSA) is 48.1 Å².